The van der Waals surface area contributed by atoms with Gasteiger partial charge in [-0.25, -0.2) is 12.8 Å². The van der Waals surface area contributed by atoms with E-state index in [9.17, 15) is 22.4 Å². The van der Waals surface area contributed by atoms with Gasteiger partial charge in [0.1, 0.15) is 18.4 Å². The summed E-state index contributed by atoms with van der Waals surface area (Å²) in [6, 6.07) is 21.6. The highest BCUT2D eigenvalue weighted by atomic mass is 32.2. The SMILES string of the molecule is C[C@@H](C(=O)NC1CCCCC1)N(CCc1ccccc1)C(=O)CN(c1ccc(F)cc1)S(=O)(=O)c1ccccc1. The van der Waals surface area contributed by atoms with Crippen LogP contribution in [-0.4, -0.2) is 50.3 Å². The summed E-state index contributed by atoms with van der Waals surface area (Å²) in [7, 11) is -4.17. The van der Waals surface area contributed by atoms with Gasteiger partial charge >= 0.3 is 0 Å². The first kappa shape index (κ1) is 29.3. The summed E-state index contributed by atoms with van der Waals surface area (Å²) < 4.78 is 42.1. The van der Waals surface area contributed by atoms with Crippen LogP contribution in [0.15, 0.2) is 89.8 Å². The largest absolute Gasteiger partial charge is 0.352 e. The lowest BCUT2D eigenvalue weighted by atomic mass is 9.95. The Morgan fingerprint density at radius 1 is 0.900 bits per heavy atom. The van der Waals surface area contributed by atoms with Gasteiger partial charge in [0, 0.05) is 12.6 Å². The Bertz CT molecular complexity index is 1360. The smallest absolute Gasteiger partial charge is 0.264 e. The van der Waals surface area contributed by atoms with Gasteiger partial charge in [0.25, 0.3) is 10.0 Å². The normalized spacial score (nSPS) is 14.8. The van der Waals surface area contributed by atoms with Crippen LogP contribution in [0.25, 0.3) is 0 Å². The first-order valence-electron chi connectivity index (χ1n) is 13.7. The van der Waals surface area contributed by atoms with E-state index in [2.05, 4.69) is 5.32 Å². The Morgan fingerprint density at radius 2 is 1.50 bits per heavy atom. The van der Waals surface area contributed by atoms with E-state index in [0.29, 0.717) is 6.42 Å². The molecule has 40 heavy (non-hydrogen) atoms. The lowest BCUT2D eigenvalue weighted by Gasteiger charge is -2.33. The number of amides is 2. The number of nitrogens with one attached hydrogen (secondary N) is 1. The fourth-order valence-electron chi connectivity index (χ4n) is 4.99. The zero-order valence-corrected chi connectivity index (χ0v) is 23.5. The fraction of sp³-hybridized carbons (Fsp3) is 0.355. The van der Waals surface area contributed by atoms with Crippen molar-refractivity contribution in [2.75, 3.05) is 17.4 Å². The van der Waals surface area contributed by atoms with Crippen molar-refractivity contribution >= 4 is 27.5 Å². The van der Waals surface area contributed by atoms with Crippen molar-refractivity contribution in [2.45, 2.75) is 62.4 Å². The van der Waals surface area contributed by atoms with Gasteiger partial charge in [-0.1, -0.05) is 67.8 Å². The van der Waals surface area contributed by atoms with Crippen LogP contribution < -0.4 is 9.62 Å². The first-order chi connectivity index (χ1) is 19.3. The van der Waals surface area contributed by atoms with Crippen molar-refractivity contribution < 1.29 is 22.4 Å². The zero-order valence-electron chi connectivity index (χ0n) is 22.7. The summed E-state index contributed by atoms with van der Waals surface area (Å²) in [5.74, 6) is -1.30. The van der Waals surface area contributed by atoms with Crippen LogP contribution in [0.5, 0.6) is 0 Å². The number of carbonyl (C=O) groups is 2. The fourth-order valence-corrected chi connectivity index (χ4v) is 6.43. The molecule has 4 rings (SSSR count). The maximum Gasteiger partial charge on any atom is 0.264 e. The number of carbonyl (C=O) groups excluding carboxylic acids is 2. The molecule has 3 aromatic rings. The van der Waals surface area contributed by atoms with E-state index >= 15 is 0 Å². The van der Waals surface area contributed by atoms with Crippen LogP contribution in [0.3, 0.4) is 0 Å². The Labute approximate surface area is 236 Å². The number of hydrogen-bond acceptors (Lipinski definition) is 4. The van der Waals surface area contributed by atoms with Crippen LogP contribution in [0.1, 0.15) is 44.6 Å². The third kappa shape index (κ3) is 7.47. The third-order valence-corrected chi connectivity index (χ3v) is 9.12. The van der Waals surface area contributed by atoms with Crippen molar-refractivity contribution in [3.05, 3.63) is 96.3 Å². The van der Waals surface area contributed by atoms with Crippen molar-refractivity contribution in [3.8, 4) is 0 Å². The van der Waals surface area contributed by atoms with Crippen LogP contribution in [0.4, 0.5) is 10.1 Å². The Hall–Kier alpha value is -3.72. The molecule has 0 unspecified atom stereocenters. The molecule has 0 spiro atoms. The maximum absolute atomic E-state index is 13.9. The topological polar surface area (TPSA) is 86.8 Å². The molecule has 212 valence electrons. The minimum Gasteiger partial charge on any atom is -0.352 e. The molecule has 1 atom stereocenters. The number of anilines is 1. The van der Waals surface area contributed by atoms with Gasteiger partial charge in [-0.05, 0) is 68.1 Å². The number of rotatable bonds is 11. The van der Waals surface area contributed by atoms with E-state index in [-0.39, 0.29) is 29.1 Å². The molecule has 1 aliphatic rings. The number of nitrogens with zero attached hydrogens (tertiary/aromatic N) is 2. The van der Waals surface area contributed by atoms with E-state index in [1.54, 1.807) is 25.1 Å². The standard InChI is InChI=1S/C31H36FN3O4S/c1-24(31(37)33-27-13-7-3-8-14-27)34(22-21-25-11-5-2-6-12-25)30(36)23-35(28-19-17-26(32)18-20-28)40(38,39)29-15-9-4-10-16-29/h2,4-6,9-12,15-20,24,27H,3,7-8,13-14,21-23H2,1H3,(H,33,37)/t24-/m0/s1. The van der Waals surface area contributed by atoms with E-state index in [1.165, 1.54) is 29.2 Å². The summed E-state index contributed by atoms with van der Waals surface area (Å²) >= 11 is 0. The van der Waals surface area contributed by atoms with Crippen LogP contribution in [0, 0.1) is 5.82 Å². The highest BCUT2D eigenvalue weighted by Crippen LogP contribution is 2.25. The average molecular weight is 566 g/mol. The lowest BCUT2D eigenvalue weighted by molar-refractivity contribution is -0.139. The molecule has 1 N–H and O–H groups in total. The van der Waals surface area contributed by atoms with Crippen molar-refractivity contribution in [2.24, 2.45) is 0 Å². The average Bonchev–Trinajstić information content (AvgIpc) is 2.98. The van der Waals surface area contributed by atoms with Crippen molar-refractivity contribution in [3.63, 3.8) is 0 Å². The van der Waals surface area contributed by atoms with Gasteiger partial charge in [-0.15, -0.1) is 0 Å². The predicted molar refractivity (Wildman–Crippen MR) is 154 cm³/mol. The molecular formula is C31H36FN3O4S. The second-order valence-electron chi connectivity index (χ2n) is 10.1. The second kappa shape index (κ2) is 13.6. The number of sulfonamides is 1. The molecule has 0 aliphatic heterocycles. The summed E-state index contributed by atoms with van der Waals surface area (Å²) in [5, 5.41) is 3.09. The minimum atomic E-state index is -4.17. The van der Waals surface area contributed by atoms with Crippen LogP contribution in [0.2, 0.25) is 0 Å². The Kier molecular flexibility index (Phi) is 9.93. The molecule has 2 amide bonds. The molecule has 1 saturated carbocycles. The van der Waals surface area contributed by atoms with Gasteiger partial charge in [-0.3, -0.25) is 13.9 Å². The van der Waals surface area contributed by atoms with Gasteiger partial charge in [-0.2, -0.15) is 0 Å². The van der Waals surface area contributed by atoms with Gasteiger partial charge in [0.15, 0.2) is 0 Å². The van der Waals surface area contributed by atoms with Gasteiger partial charge in [0.05, 0.1) is 10.6 Å². The molecular weight excluding hydrogens is 529 g/mol. The molecule has 0 heterocycles. The lowest BCUT2D eigenvalue weighted by Crippen LogP contribution is -2.53. The quantitative estimate of drug-likeness (QED) is 0.357. The minimum absolute atomic E-state index is 0.00560. The summed E-state index contributed by atoms with van der Waals surface area (Å²) in [6.45, 7) is 1.36. The van der Waals surface area contributed by atoms with E-state index < -0.39 is 34.3 Å². The van der Waals surface area contributed by atoms with Crippen LogP contribution >= 0.6 is 0 Å². The third-order valence-electron chi connectivity index (χ3n) is 7.33. The van der Waals surface area contributed by atoms with E-state index in [0.717, 1.165) is 54.1 Å². The summed E-state index contributed by atoms with van der Waals surface area (Å²) in [5.41, 5.74) is 1.15. The number of benzene rings is 3. The van der Waals surface area contributed by atoms with Crippen molar-refractivity contribution in [1.29, 1.82) is 0 Å². The Balaban J connectivity index is 1.62. The highest BCUT2D eigenvalue weighted by Gasteiger charge is 2.33. The molecule has 0 bridgehead atoms. The van der Waals surface area contributed by atoms with Crippen LogP contribution in [-0.2, 0) is 26.0 Å². The molecule has 0 saturated heterocycles. The first-order valence-corrected chi connectivity index (χ1v) is 15.2. The molecule has 1 fully saturated rings. The van der Waals surface area contributed by atoms with Crippen molar-refractivity contribution in [1.82, 2.24) is 10.2 Å². The molecule has 7 nitrogen and oxygen atoms in total. The number of halogens is 1. The van der Waals surface area contributed by atoms with Gasteiger partial charge in [0.2, 0.25) is 11.8 Å². The second-order valence-corrected chi connectivity index (χ2v) is 12.0. The highest BCUT2D eigenvalue weighted by molar-refractivity contribution is 7.92. The molecule has 0 radical (unpaired) electrons. The zero-order chi connectivity index (χ0) is 28.5. The van der Waals surface area contributed by atoms with E-state index in [4.69, 9.17) is 0 Å². The predicted octanol–water partition coefficient (Wildman–Crippen LogP) is 4.93. The monoisotopic (exact) mass is 565 g/mol. The summed E-state index contributed by atoms with van der Waals surface area (Å²) in [6.07, 6.45) is 5.57. The molecule has 3 aromatic carbocycles. The number of hydrogen-bond donors (Lipinski definition) is 1. The molecule has 1 aliphatic carbocycles. The Morgan fingerprint density at radius 3 is 2.12 bits per heavy atom. The molecule has 9 heteroatoms. The summed E-state index contributed by atoms with van der Waals surface area (Å²) in [4.78, 5) is 28.7. The van der Waals surface area contributed by atoms with E-state index in [1.807, 2.05) is 30.3 Å². The van der Waals surface area contributed by atoms with Gasteiger partial charge < -0.3 is 10.2 Å². The maximum atomic E-state index is 13.9. The molecule has 0 aromatic heterocycles.